The van der Waals surface area contributed by atoms with Gasteiger partial charge < -0.3 is 15.1 Å². The molecule has 8 heteroatoms. The van der Waals surface area contributed by atoms with Crippen LogP contribution in [0.25, 0.3) is 0 Å². The largest absolute Gasteiger partial charge is 0.370 e. The molecule has 0 saturated carbocycles. The molecule has 0 atom stereocenters. The van der Waals surface area contributed by atoms with Crippen LogP contribution in [-0.4, -0.2) is 69.5 Å². The Bertz CT molecular complexity index is 958. The predicted molar refractivity (Wildman–Crippen MR) is 125 cm³/mol. The maximum Gasteiger partial charge on any atom is 0.317 e. The number of aryl methyl sites for hydroxylation is 1. The lowest BCUT2D eigenvalue weighted by Gasteiger charge is -2.34. The zero-order chi connectivity index (χ0) is 22.3. The zero-order valence-corrected chi connectivity index (χ0v) is 19.1. The summed E-state index contributed by atoms with van der Waals surface area (Å²) in [6.45, 7) is 7.75. The molecule has 31 heavy (non-hydrogen) atoms. The highest BCUT2D eigenvalue weighted by molar-refractivity contribution is 7.88. The highest BCUT2D eigenvalue weighted by Gasteiger charge is 2.28. The second-order valence-electron chi connectivity index (χ2n) is 7.73. The summed E-state index contributed by atoms with van der Waals surface area (Å²) in [7, 11) is -3.38. The molecule has 0 aromatic heterocycles. The lowest BCUT2D eigenvalue weighted by molar-refractivity contribution is 0.172. The van der Waals surface area contributed by atoms with Crippen molar-refractivity contribution in [2.24, 2.45) is 0 Å². The van der Waals surface area contributed by atoms with E-state index in [9.17, 15) is 13.2 Å². The zero-order valence-electron chi connectivity index (χ0n) is 18.3. The topological polar surface area (TPSA) is 73.0 Å². The summed E-state index contributed by atoms with van der Waals surface area (Å²) in [5.74, 6) is -0.00814. The highest BCUT2D eigenvalue weighted by atomic mass is 32.2. The summed E-state index contributed by atoms with van der Waals surface area (Å²) in [6.07, 6.45) is 0. The molecule has 2 aromatic rings. The van der Waals surface area contributed by atoms with E-state index in [0.29, 0.717) is 32.7 Å². The molecule has 2 aromatic carbocycles. The molecule has 1 saturated heterocycles. The Balaban J connectivity index is 1.45. The van der Waals surface area contributed by atoms with Crippen LogP contribution in [-0.2, 0) is 15.8 Å². The SMILES string of the molecule is CCN(CCNC(=O)N1CCN(S(=O)(=O)Cc2ccccc2)CC1)c1ccccc1C. The first kappa shape index (κ1) is 23.1. The van der Waals surface area contributed by atoms with E-state index in [2.05, 4.69) is 36.2 Å². The van der Waals surface area contributed by atoms with E-state index in [1.54, 1.807) is 4.90 Å². The molecule has 0 radical (unpaired) electrons. The molecule has 0 unspecified atom stereocenters. The van der Waals surface area contributed by atoms with E-state index in [0.717, 1.165) is 18.7 Å². The van der Waals surface area contributed by atoms with Gasteiger partial charge in [-0.2, -0.15) is 4.31 Å². The van der Waals surface area contributed by atoms with Crippen molar-refractivity contribution >= 4 is 21.7 Å². The molecular formula is C23H32N4O3S. The van der Waals surface area contributed by atoms with Crippen molar-refractivity contribution in [3.8, 4) is 0 Å². The van der Waals surface area contributed by atoms with Gasteiger partial charge in [-0.25, -0.2) is 13.2 Å². The van der Waals surface area contributed by atoms with E-state index in [1.165, 1.54) is 15.6 Å². The lowest BCUT2D eigenvalue weighted by atomic mass is 10.2. The van der Waals surface area contributed by atoms with Crippen molar-refractivity contribution in [2.45, 2.75) is 19.6 Å². The van der Waals surface area contributed by atoms with E-state index in [1.807, 2.05) is 42.5 Å². The minimum Gasteiger partial charge on any atom is -0.370 e. The van der Waals surface area contributed by atoms with Crippen molar-refractivity contribution in [1.82, 2.24) is 14.5 Å². The molecule has 1 fully saturated rings. The Morgan fingerprint density at radius 1 is 1.00 bits per heavy atom. The fourth-order valence-electron chi connectivity index (χ4n) is 3.82. The molecule has 3 rings (SSSR count). The Hall–Kier alpha value is -2.58. The van der Waals surface area contributed by atoms with Crippen LogP contribution >= 0.6 is 0 Å². The Labute approximate surface area is 185 Å². The van der Waals surface area contributed by atoms with Gasteiger partial charge in [0.25, 0.3) is 0 Å². The number of carbonyl (C=O) groups is 1. The normalized spacial score (nSPS) is 15.0. The molecule has 1 aliphatic heterocycles. The Kier molecular flexibility index (Phi) is 7.92. The number of benzene rings is 2. The van der Waals surface area contributed by atoms with Crippen LogP contribution in [0.15, 0.2) is 54.6 Å². The van der Waals surface area contributed by atoms with Gasteiger partial charge >= 0.3 is 6.03 Å². The van der Waals surface area contributed by atoms with Crippen molar-refractivity contribution in [3.05, 3.63) is 65.7 Å². The molecule has 2 amide bonds. The van der Waals surface area contributed by atoms with Crippen LogP contribution in [0.3, 0.4) is 0 Å². The smallest absolute Gasteiger partial charge is 0.317 e. The molecule has 1 heterocycles. The average molecular weight is 445 g/mol. The number of hydrogen-bond acceptors (Lipinski definition) is 4. The van der Waals surface area contributed by atoms with Crippen molar-refractivity contribution in [3.63, 3.8) is 0 Å². The van der Waals surface area contributed by atoms with Crippen LogP contribution in [0.4, 0.5) is 10.5 Å². The molecule has 1 N–H and O–H groups in total. The van der Waals surface area contributed by atoms with Gasteiger partial charge in [-0.1, -0.05) is 48.5 Å². The quantitative estimate of drug-likeness (QED) is 0.680. The molecule has 0 spiro atoms. The van der Waals surface area contributed by atoms with Crippen LogP contribution in [0.2, 0.25) is 0 Å². The summed E-state index contributed by atoms with van der Waals surface area (Å²) < 4.78 is 26.8. The first-order valence-electron chi connectivity index (χ1n) is 10.8. The lowest BCUT2D eigenvalue weighted by Crippen LogP contribution is -2.53. The number of amides is 2. The number of nitrogens with one attached hydrogen (secondary N) is 1. The number of nitrogens with zero attached hydrogens (tertiary/aromatic N) is 3. The Morgan fingerprint density at radius 2 is 1.65 bits per heavy atom. The standard InChI is InChI=1S/C23H32N4O3S/c1-3-25(22-12-8-7-9-20(22)2)14-13-24-23(28)26-15-17-27(18-16-26)31(29,30)19-21-10-5-4-6-11-21/h4-12H,3,13-19H2,1-2H3,(H,24,28). The van der Waals surface area contributed by atoms with E-state index < -0.39 is 10.0 Å². The van der Waals surface area contributed by atoms with Crippen molar-refractivity contribution < 1.29 is 13.2 Å². The number of urea groups is 1. The highest BCUT2D eigenvalue weighted by Crippen LogP contribution is 2.18. The summed E-state index contributed by atoms with van der Waals surface area (Å²) in [4.78, 5) is 16.5. The second kappa shape index (κ2) is 10.6. The minimum atomic E-state index is -3.38. The third-order valence-corrected chi connectivity index (χ3v) is 7.46. The number of rotatable bonds is 8. The molecule has 168 valence electrons. The third kappa shape index (κ3) is 6.21. The van der Waals surface area contributed by atoms with E-state index >= 15 is 0 Å². The van der Waals surface area contributed by atoms with Gasteiger partial charge in [0.05, 0.1) is 5.75 Å². The van der Waals surface area contributed by atoms with Gasteiger partial charge in [0.15, 0.2) is 0 Å². The third-order valence-electron chi connectivity index (χ3n) is 5.61. The van der Waals surface area contributed by atoms with Gasteiger partial charge in [-0.05, 0) is 31.0 Å². The summed E-state index contributed by atoms with van der Waals surface area (Å²) >= 11 is 0. The summed E-state index contributed by atoms with van der Waals surface area (Å²) in [5.41, 5.74) is 3.16. The molecule has 0 aliphatic carbocycles. The van der Waals surface area contributed by atoms with Gasteiger partial charge in [0.1, 0.15) is 0 Å². The van der Waals surface area contributed by atoms with Crippen molar-refractivity contribution in [1.29, 1.82) is 0 Å². The predicted octanol–water partition coefficient (Wildman–Crippen LogP) is 2.68. The number of carbonyl (C=O) groups excluding carboxylic acids is 1. The number of piperazine rings is 1. The minimum absolute atomic E-state index is 0.00814. The van der Waals surface area contributed by atoms with Crippen LogP contribution in [0, 0.1) is 6.92 Å². The molecule has 7 nitrogen and oxygen atoms in total. The van der Waals surface area contributed by atoms with Crippen LogP contribution in [0.5, 0.6) is 0 Å². The second-order valence-corrected chi connectivity index (χ2v) is 9.69. The van der Waals surface area contributed by atoms with Gasteiger partial charge in [-0.3, -0.25) is 0 Å². The number of para-hydroxylation sites is 1. The van der Waals surface area contributed by atoms with E-state index in [-0.39, 0.29) is 11.8 Å². The first-order chi connectivity index (χ1) is 14.9. The van der Waals surface area contributed by atoms with Gasteiger partial charge in [0, 0.05) is 51.5 Å². The van der Waals surface area contributed by atoms with Gasteiger partial charge in [0.2, 0.25) is 10.0 Å². The fraction of sp³-hybridized carbons (Fsp3) is 0.435. The van der Waals surface area contributed by atoms with Crippen LogP contribution in [0.1, 0.15) is 18.1 Å². The molecular weight excluding hydrogens is 412 g/mol. The van der Waals surface area contributed by atoms with Crippen molar-refractivity contribution in [2.75, 3.05) is 50.7 Å². The fourth-order valence-corrected chi connectivity index (χ4v) is 5.34. The van der Waals surface area contributed by atoms with E-state index in [4.69, 9.17) is 0 Å². The molecule has 0 bridgehead atoms. The van der Waals surface area contributed by atoms with Gasteiger partial charge in [-0.15, -0.1) is 0 Å². The number of likely N-dealkylation sites (N-methyl/N-ethyl adjacent to an activating group) is 1. The monoisotopic (exact) mass is 444 g/mol. The first-order valence-corrected chi connectivity index (χ1v) is 12.4. The van der Waals surface area contributed by atoms with Crippen LogP contribution < -0.4 is 10.2 Å². The number of anilines is 1. The maximum atomic E-state index is 12.7. The number of hydrogen-bond donors (Lipinski definition) is 1. The Morgan fingerprint density at radius 3 is 2.29 bits per heavy atom. The summed E-state index contributed by atoms with van der Waals surface area (Å²) in [6, 6.07) is 17.3. The molecule has 1 aliphatic rings. The average Bonchev–Trinajstić information content (AvgIpc) is 2.78. The number of sulfonamides is 1. The summed E-state index contributed by atoms with van der Waals surface area (Å²) in [5, 5.41) is 2.98. The maximum absolute atomic E-state index is 12.7.